The van der Waals surface area contributed by atoms with Gasteiger partial charge in [0.05, 0.1) is 18.7 Å². The molecule has 5 nitrogen and oxygen atoms in total. The molecule has 1 aromatic carbocycles. The molecule has 2 aromatic rings. The largest absolute Gasteiger partial charge is 0.378 e. The Morgan fingerprint density at radius 2 is 1.91 bits per heavy atom. The standard InChI is InChI=1S/C17H20N2O3/c1-12-11-16(20)19(15-6-4-3-5-14(12)15)13(2)17(21)18-7-9-22-10-8-18/h3-6,11,13H,7-10H2,1-2H3/t13-/m0/s1. The third-order valence-electron chi connectivity index (χ3n) is 4.23. The van der Waals surface area contributed by atoms with Gasteiger partial charge in [-0.2, -0.15) is 0 Å². The van der Waals surface area contributed by atoms with E-state index in [0.29, 0.717) is 26.3 Å². The number of amides is 1. The van der Waals surface area contributed by atoms with E-state index in [4.69, 9.17) is 4.74 Å². The second-order valence-corrected chi connectivity index (χ2v) is 5.67. The first-order chi connectivity index (χ1) is 10.6. The molecule has 2 heterocycles. The number of aromatic nitrogens is 1. The fourth-order valence-electron chi connectivity index (χ4n) is 3.03. The van der Waals surface area contributed by atoms with Gasteiger partial charge in [0, 0.05) is 24.5 Å². The van der Waals surface area contributed by atoms with Crippen LogP contribution in [-0.2, 0) is 9.53 Å². The Morgan fingerprint density at radius 1 is 1.23 bits per heavy atom. The minimum Gasteiger partial charge on any atom is -0.378 e. The minimum absolute atomic E-state index is 0.0283. The van der Waals surface area contributed by atoms with Crippen LogP contribution >= 0.6 is 0 Å². The zero-order valence-corrected chi connectivity index (χ0v) is 12.9. The SMILES string of the molecule is Cc1cc(=O)n([C@@H](C)C(=O)N2CCOCC2)c2ccccc12. The Hall–Kier alpha value is -2.14. The van der Waals surface area contributed by atoms with Crippen LogP contribution in [0.5, 0.6) is 0 Å². The van der Waals surface area contributed by atoms with Crippen molar-refractivity contribution in [3.63, 3.8) is 0 Å². The summed E-state index contributed by atoms with van der Waals surface area (Å²) in [5.74, 6) is -0.0283. The quantitative estimate of drug-likeness (QED) is 0.849. The number of aryl methyl sites for hydroxylation is 1. The highest BCUT2D eigenvalue weighted by molar-refractivity contribution is 5.86. The Kier molecular flexibility index (Phi) is 3.98. The normalized spacial score (nSPS) is 16.7. The first-order valence-corrected chi connectivity index (χ1v) is 7.57. The maximum Gasteiger partial charge on any atom is 0.252 e. The molecule has 1 saturated heterocycles. The third kappa shape index (κ3) is 2.52. The predicted octanol–water partition coefficient (Wildman–Crippen LogP) is 1.73. The molecule has 5 heteroatoms. The molecule has 0 unspecified atom stereocenters. The van der Waals surface area contributed by atoms with Crippen LogP contribution in [0.1, 0.15) is 18.5 Å². The maximum absolute atomic E-state index is 12.7. The molecule has 1 aliphatic heterocycles. The summed E-state index contributed by atoms with van der Waals surface area (Å²) < 4.78 is 6.88. The maximum atomic E-state index is 12.7. The Balaban J connectivity index is 2.05. The van der Waals surface area contributed by atoms with Crippen molar-refractivity contribution in [2.75, 3.05) is 26.3 Å². The van der Waals surface area contributed by atoms with Crippen LogP contribution in [0, 0.1) is 6.92 Å². The van der Waals surface area contributed by atoms with E-state index in [0.717, 1.165) is 16.5 Å². The minimum atomic E-state index is -0.518. The fraction of sp³-hybridized carbons (Fsp3) is 0.412. The number of carbonyl (C=O) groups excluding carboxylic acids is 1. The van der Waals surface area contributed by atoms with E-state index in [2.05, 4.69) is 0 Å². The van der Waals surface area contributed by atoms with Crippen molar-refractivity contribution in [2.45, 2.75) is 19.9 Å². The van der Waals surface area contributed by atoms with Gasteiger partial charge < -0.3 is 9.64 Å². The van der Waals surface area contributed by atoms with Crippen LogP contribution in [0.25, 0.3) is 10.9 Å². The summed E-state index contributed by atoms with van der Waals surface area (Å²) in [6, 6.07) is 8.80. The lowest BCUT2D eigenvalue weighted by atomic mass is 10.1. The Bertz CT molecular complexity index is 760. The molecule has 0 spiro atoms. The summed E-state index contributed by atoms with van der Waals surface area (Å²) in [5.41, 5.74) is 1.61. The topological polar surface area (TPSA) is 51.5 Å². The molecule has 3 rings (SSSR count). The zero-order chi connectivity index (χ0) is 15.7. The number of morpholine rings is 1. The van der Waals surface area contributed by atoms with Gasteiger partial charge >= 0.3 is 0 Å². The number of ether oxygens (including phenoxy) is 1. The number of nitrogens with zero attached hydrogens (tertiary/aromatic N) is 2. The molecule has 0 saturated carbocycles. The molecule has 1 fully saturated rings. The van der Waals surface area contributed by atoms with E-state index in [-0.39, 0.29) is 11.5 Å². The van der Waals surface area contributed by atoms with E-state index >= 15 is 0 Å². The Morgan fingerprint density at radius 3 is 2.64 bits per heavy atom. The van der Waals surface area contributed by atoms with Gasteiger partial charge in [0.15, 0.2) is 0 Å². The number of pyridine rings is 1. The van der Waals surface area contributed by atoms with E-state index in [1.54, 1.807) is 22.5 Å². The first-order valence-electron chi connectivity index (χ1n) is 7.57. The molecule has 0 N–H and O–H groups in total. The number of carbonyl (C=O) groups is 1. The lowest BCUT2D eigenvalue weighted by Crippen LogP contribution is -2.45. The van der Waals surface area contributed by atoms with Gasteiger partial charge in [0.2, 0.25) is 5.91 Å². The van der Waals surface area contributed by atoms with Crippen LogP contribution in [-0.4, -0.2) is 41.7 Å². The van der Waals surface area contributed by atoms with E-state index < -0.39 is 6.04 Å². The highest BCUT2D eigenvalue weighted by Crippen LogP contribution is 2.20. The molecule has 0 aliphatic carbocycles. The van der Waals surface area contributed by atoms with Crippen molar-refractivity contribution in [1.82, 2.24) is 9.47 Å². The van der Waals surface area contributed by atoms with Crippen molar-refractivity contribution in [3.8, 4) is 0 Å². The number of rotatable bonds is 2. The summed E-state index contributed by atoms with van der Waals surface area (Å²) >= 11 is 0. The molecule has 1 aromatic heterocycles. The van der Waals surface area contributed by atoms with Crippen molar-refractivity contribution in [2.24, 2.45) is 0 Å². The number of benzene rings is 1. The van der Waals surface area contributed by atoms with Crippen molar-refractivity contribution >= 4 is 16.8 Å². The van der Waals surface area contributed by atoms with Gasteiger partial charge in [0.25, 0.3) is 5.56 Å². The molecule has 1 atom stereocenters. The number of para-hydroxylation sites is 1. The number of fused-ring (bicyclic) bond motifs is 1. The van der Waals surface area contributed by atoms with Crippen molar-refractivity contribution in [1.29, 1.82) is 0 Å². The second-order valence-electron chi connectivity index (χ2n) is 5.67. The summed E-state index contributed by atoms with van der Waals surface area (Å²) in [5, 5.41) is 1.00. The molecular formula is C17H20N2O3. The van der Waals surface area contributed by atoms with Gasteiger partial charge in [-0.15, -0.1) is 0 Å². The average Bonchev–Trinajstić information content (AvgIpc) is 2.55. The van der Waals surface area contributed by atoms with Crippen LogP contribution in [0.4, 0.5) is 0 Å². The summed E-state index contributed by atoms with van der Waals surface area (Å²) in [6.45, 7) is 6.00. The van der Waals surface area contributed by atoms with Crippen molar-refractivity contribution < 1.29 is 9.53 Å². The zero-order valence-electron chi connectivity index (χ0n) is 12.9. The number of hydrogen-bond acceptors (Lipinski definition) is 3. The van der Waals surface area contributed by atoms with E-state index in [9.17, 15) is 9.59 Å². The van der Waals surface area contributed by atoms with E-state index in [1.165, 1.54) is 0 Å². The van der Waals surface area contributed by atoms with Gasteiger partial charge in [-0.1, -0.05) is 18.2 Å². The van der Waals surface area contributed by atoms with Gasteiger partial charge in [-0.05, 0) is 25.5 Å². The van der Waals surface area contributed by atoms with Crippen LogP contribution in [0.3, 0.4) is 0 Å². The molecular weight excluding hydrogens is 280 g/mol. The highest BCUT2D eigenvalue weighted by Gasteiger charge is 2.25. The summed E-state index contributed by atoms with van der Waals surface area (Å²) in [6.07, 6.45) is 0. The van der Waals surface area contributed by atoms with Gasteiger partial charge in [-0.25, -0.2) is 0 Å². The fourth-order valence-corrected chi connectivity index (χ4v) is 3.03. The van der Waals surface area contributed by atoms with Gasteiger partial charge in [0.1, 0.15) is 6.04 Å². The van der Waals surface area contributed by atoms with Crippen molar-refractivity contribution in [3.05, 3.63) is 46.2 Å². The molecule has 22 heavy (non-hydrogen) atoms. The van der Waals surface area contributed by atoms with E-state index in [1.807, 2.05) is 31.2 Å². The molecule has 1 amide bonds. The van der Waals surface area contributed by atoms with Gasteiger partial charge in [-0.3, -0.25) is 14.2 Å². The lowest BCUT2D eigenvalue weighted by Gasteiger charge is -2.30. The van der Waals surface area contributed by atoms with Crippen LogP contribution in [0.2, 0.25) is 0 Å². The summed E-state index contributed by atoms with van der Waals surface area (Å²) in [7, 11) is 0. The molecule has 0 radical (unpaired) electrons. The average molecular weight is 300 g/mol. The summed E-state index contributed by atoms with van der Waals surface area (Å²) in [4.78, 5) is 26.9. The number of hydrogen-bond donors (Lipinski definition) is 0. The smallest absolute Gasteiger partial charge is 0.252 e. The Labute approximate surface area is 129 Å². The molecule has 1 aliphatic rings. The third-order valence-corrected chi connectivity index (χ3v) is 4.23. The van der Waals surface area contributed by atoms with Crippen LogP contribution < -0.4 is 5.56 Å². The predicted molar refractivity (Wildman–Crippen MR) is 85.1 cm³/mol. The van der Waals surface area contributed by atoms with Crippen LogP contribution in [0.15, 0.2) is 35.1 Å². The molecule has 116 valence electrons. The second kappa shape index (κ2) is 5.93. The monoisotopic (exact) mass is 300 g/mol. The lowest BCUT2D eigenvalue weighted by molar-refractivity contribution is -0.138. The highest BCUT2D eigenvalue weighted by atomic mass is 16.5. The molecule has 0 bridgehead atoms. The first kappa shape index (κ1) is 14.8.